The van der Waals surface area contributed by atoms with Crippen LogP contribution in [0.1, 0.15) is 19.0 Å². The Morgan fingerprint density at radius 2 is 2.47 bits per heavy atom. The number of rotatable bonds is 5. The van der Waals surface area contributed by atoms with Crippen LogP contribution in [-0.4, -0.2) is 30.9 Å². The lowest BCUT2D eigenvalue weighted by atomic mass is 10.4. The van der Waals surface area contributed by atoms with Gasteiger partial charge in [0.2, 0.25) is 0 Å². The number of nitrogens with one attached hydrogen (secondary N) is 1. The third-order valence-electron chi connectivity index (χ3n) is 1.87. The van der Waals surface area contributed by atoms with Crippen molar-refractivity contribution in [1.29, 1.82) is 0 Å². The SMILES string of the molecule is CCCNc1snnc1Cn1cncn1. The van der Waals surface area contributed by atoms with Gasteiger partial charge in [-0.05, 0) is 6.42 Å². The molecule has 1 N–H and O–H groups in total. The Balaban J connectivity index is 2.04. The summed E-state index contributed by atoms with van der Waals surface area (Å²) < 4.78 is 5.65. The molecule has 15 heavy (non-hydrogen) atoms. The lowest BCUT2D eigenvalue weighted by Gasteiger charge is -2.02. The second-order valence-electron chi connectivity index (χ2n) is 3.07. The summed E-state index contributed by atoms with van der Waals surface area (Å²) >= 11 is 1.38. The van der Waals surface area contributed by atoms with Crippen LogP contribution in [-0.2, 0) is 6.54 Å². The summed E-state index contributed by atoms with van der Waals surface area (Å²) in [6.45, 7) is 3.68. The highest BCUT2D eigenvalue weighted by molar-refractivity contribution is 7.10. The molecule has 0 unspecified atom stereocenters. The number of hydrogen-bond donors (Lipinski definition) is 1. The van der Waals surface area contributed by atoms with E-state index in [9.17, 15) is 0 Å². The first-order chi connectivity index (χ1) is 7.40. The van der Waals surface area contributed by atoms with Crippen LogP contribution in [0.25, 0.3) is 0 Å². The summed E-state index contributed by atoms with van der Waals surface area (Å²) in [5, 5.41) is 12.4. The molecule has 0 aliphatic heterocycles. The molecular formula is C8H12N6S. The average Bonchev–Trinajstić information content (AvgIpc) is 2.87. The zero-order chi connectivity index (χ0) is 10.5. The highest BCUT2D eigenvalue weighted by Gasteiger charge is 2.07. The van der Waals surface area contributed by atoms with Gasteiger partial charge in [-0.3, -0.25) is 0 Å². The molecule has 0 radical (unpaired) electrons. The van der Waals surface area contributed by atoms with Gasteiger partial charge >= 0.3 is 0 Å². The monoisotopic (exact) mass is 224 g/mol. The largest absolute Gasteiger partial charge is 0.374 e. The molecule has 7 heteroatoms. The Morgan fingerprint density at radius 1 is 1.53 bits per heavy atom. The van der Waals surface area contributed by atoms with Crippen molar-refractivity contribution in [2.24, 2.45) is 0 Å². The van der Waals surface area contributed by atoms with Gasteiger partial charge in [0.05, 0.1) is 6.54 Å². The van der Waals surface area contributed by atoms with Crippen molar-refractivity contribution in [2.45, 2.75) is 19.9 Å². The van der Waals surface area contributed by atoms with Crippen LogP contribution in [0.15, 0.2) is 12.7 Å². The van der Waals surface area contributed by atoms with Gasteiger partial charge in [-0.25, -0.2) is 9.67 Å². The summed E-state index contributed by atoms with van der Waals surface area (Å²) in [4.78, 5) is 3.88. The van der Waals surface area contributed by atoms with Crippen LogP contribution < -0.4 is 5.32 Å². The van der Waals surface area contributed by atoms with E-state index in [1.165, 1.54) is 17.9 Å². The summed E-state index contributed by atoms with van der Waals surface area (Å²) in [5.74, 6) is 0. The summed E-state index contributed by atoms with van der Waals surface area (Å²) in [7, 11) is 0. The second-order valence-corrected chi connectivity index (χ2v) is 3.82. The van der Waals surface area contributed by atoms with Gasteiger partial charge in [0.25, 0.3) is 0 Å². The van der Waals surface area contributed by atoms with E-state index in [1.807, 2.05) is 0 Å². The van der Waals surface area contributed by atoms with Crippen molar-refractivity contribution in [2.75, 3.05) is 11.9 Å². The molecule has 0 fully saturated rings. The van der Waals surface area contributed by atoms with Crippen LogP contribution in [0.5, 0.6) is 0 Å². The number of hydrogen-bond acceptors (Lipinski definition) is 6. The summed E-state index contributed by atoms with van der Waals surface area (Å²) in [5.41, 5.74) is 0.916. The van der Waals surface area contributed by atoms with Gasteiger partial charge < -0.3 is 5.32 Å². The van der Waals surface area contributed by atoms with Crippen molar-refractivity contribution in [3.63, 3.8) is 0 Å². The van der Waals surface area contributed by atoms with E-state index in [1.54, 1.807) is 11.0 Å². The fourth-order valence-corrected chi connectivity index (χ4v) is 1.75. The topological polar surface area (TPSA) is 68.5 Å². The van der Waals surface area contributed by atoms with Crippen LogP contribution in [0, 0.1) is 0 Å². The summed E-state index contributed by atoms with van der Waals surface area (Å²) in [6.07, 6.45) is 4.27. The van der Waals surface area contributed by atoms with E-state index in [0.29, 0.717) is 6.54 Å². The van der Waals surface area contributed by atoms with Gasteiger partial charge in [-0.1, -0.05) is 11.4 Å². The van der Waals surface area contributed by atoms with E-state index in [0.717, 1.165) is 23.7 Å². The van der Waals surface area contributed by atoms with Crippen molar-refractivity contribution in [3.05, 3.63) is 18.3 Å². The van der Waals surface area contributed by atoms with E-state index in [-0.39, 0.29) is 0 Å². The molecular weight excluding hydrogens is 212 g/mol. The van der Waals surface area contributed by atoms with E-state index < -0.39 is 0 Å². The minimum absolute atomic E-state index is 0.614. The van der Waals surface area contributed by atoms with Crippen LogP contribution in [0.4, 0.5) is 5.00 Å². The first kappa shape index (κ1) is 10.0. The third-order valence-corrected chi connectivity index (χ3v) is 2.60. The van der Waals surface area contributed by atoms with Gasteiger partial charge in [0.15, 0.2) is 0 Å². The Kier molecular flexibility index (Phi) is 3.23. The molecule has 0 atom stereocenters. The molecule has 0 saturated heterocycles. The highest BCUT2D eigenvalue weighted by Crippen LogP contribution is 2.17. The first-order valence-electron chi connectivity index (χ1n) is 4.77. The number of anilines is 1. The molecule has 0 spiro atoms. The summed E-state index contributed by atoms with van der Waals surface area (Å²) in [6, 6.07) is 0. The Morgan fingerprint density at radius 3 is 3.20 bits per heavy atom. The molecule has 0 amide bonds. The molecule has 0 saturated carbocycles. The van der Waals surface area contributed by atoms with Crippen LogP contribution in [0.2, 0.25) is 0 Å². The number of nitrogens with zero attached hydrogens (tertiary/aromatic N) is 5. The first-order valence-corrected chi connectivity index (χ1v) is 5.55. The van der Waals surface area contributed by atoms with Crippen molar-refractivity contribution < 1.29 is 0 Å². The van der Waals surface area contributed by atoms with Crippen LogP contribution >= 0.6 is 11.5 Å². The maximum atomic E-state index is 4.06. The van der Waals surface area contributed by atoms with Crippen molar-refractivity contribution >= 4 is 16.5 Å². The lowest BCUT2D eigenvalue weighted by Crippen LogP contribution is -2.05. The van der Waals surface area contributed by atoms with Gasteiger partial charge in [-0.15, -0.1) is 5.10 Å². The molecule has 80 valence electrons. The minimum Gasteiger partial charge on any atom is -0.374 e. The fourth-order valence-electron chi connectivity index (χ4n) is 1.15. The lowest BCUT2D eigenvalue weighted by molar-refractivity contribution is 0.669. The predicted octanol–water partition coefficient (Wildman–Crippen LogP) is 1.000. The van der Waals surface area contributed by atoms with Gasteiger partial charge in [0, 0.05) is 18.1 Å². The Bertz CT molecular complexity index is 395. The van der Waals surface area contributed by atoms with Crippen LogP contribution in [0.3, 0.4) is 0 Å². The normalized spacial score (nSPS) is 10.5. The molecule has 2 aromatic rings. The van der Waals surface area contributed by atoms with Crippen molar-refractivity contribution in [3.8, 4) is 0 Å². The fraction of sp³-hybridized carbons (Fsp3) is 0.500. The molecule has 0 aliphatic carbocycles. The molecule has 6 nitrogen and oxygen atoms in total. The zero-order valence-electron chi connectivity index (χ0n) is 8.42. The standard InChI is InChI=1S/C8H12N6S/c1-2-3-10-8-7(12-13-15-8)4-14-6-9-5-11-14/h5-6,10H,2-4H2,1H3. The van der Waals surface area contributed by atoms with Gasteiger partial charge in [-0.2, -0.15) is 5.10 Å². The molecule has 0 aliphatic rings. The van der Waals surface area contributed by atoms with Gasteiger partial charge in [0.1, 0.15) is 23.3 Å². The van der Waals surface area contributed by atoms with E-state index in [2.05, 4.69) is 31.9 Å². The smallest absolute Gasteiger partial charge is 0.137 e. The van der Waals surface area contributed by atoms with E-state index in [4.69, 9.17) is 0 Å². The predicted molar refractivity (Wildman–Crippen MR) is 57.8 cm³/mol. The molecule has 0 aromatic carbocycles. The molecule has 0 bridgehead atoms. The van der Waals surface area contributed by atoms with Crippen molar-refractivity contribution in [1.82, 2.24) is 24.4 Å². The molecule has 2 heterocycles. The zero-order valence-corrected chi connectivity index (χ0v) is 9.24. The minimum atomic E-state index is 0.614. The highest BCUT2D eigenvalue weighted by atomic mass is 32.1. The quantitative estimate of drug-likeness (QED) is 0.820. The second kappa shape index (κ2) is 4.83. The van der Waals surface area contributed by atoms with E-state index >= 15 is 0 Å². The molecule has 2 aromatic heterocycles. The maximum Gasteiger partial charge on any atom is 0.137 e. The maximum absolute atomic E-state index is 4.06. The Hall–Kier alpha value is -1.50. The molecule has 2 rings (SSSR count). The Labute approximate surface area is 91.5 Å². The average molecular weight is 224 g/mol. The number of aromatic nitrogens is 5. The third kappa shape index (κ3) is 2.50.